The summed E-state index contributed by atoms with van der Waals surface area (Å²) in [6, 6.07) is 4.38. The predicted octanol–water partition coefficient (Wildman–Crippen LogP) is 2.53. The van der Waals surface area contributed by atoms with E-state index in [0.717, 1.165) is 17.7 Å². The van der Waals surface area contributed by atoms with Crippen LogP contribution in [0.15, 0.2) is 35.9 Å². The molecule has 0 bridgehead atoms. The summed E-state index contributed by atoms with van der Waals surface area (Å²) in [5, 5.41) is 12.1. The van der Waals surface area contributed by atoms with Crippen LogP contribution in [0.1, 0.15) is 19.4 Å². The molecule has 0 radical (unpaired) electrons. The summed E-state index contributed by atoms with van der Waals surface area (Å²) in [6.45, 7) is 3.23. The topological polar surface area (TPSA) is 58.6 Å². The smallest absolute Gasteiger partial charge is 0.416 e. The minimum Gasteiger partial charge on any atom is -0.491 e. The van der Waals surface area contributed by atoms with Crippen LogP contribution in [0.2, 0.25) is 0 Å². The van der Waals surface area contributed by atoms with Crippen LogP contribution in [0.25, 0.3) is 0 Å². The van der Waals surface area contributed by atoms with E-state index in [1.807, 2.05) is 0 Å². The molecular weight excluding hydrogens is 299 g/mol. The minimum atomic E-state index is -4.45. The Balaban J connectivity index is 2.46. The second-order valence-corrected chi connectivity index (χ2v) is 4.96. The molecule has 1 aromatic carbocycles. The van der Waals surface area contributed by atoms with Gasteiger partial charge in [-0.15, -0.1) is 0 Å². The number of aliphatic hydroxyl groups is 1. The fourth-order valence-corrected chi connectivity index (χ4v) is 1.55. The van der Waals surface area contributed by atoms with Gasteiger partial charge in [0.2, 0.25) is 5.91 Å². The summed E-state index contributed by atoms with van der Waals surface area (Å²) in [5.74, 6) is -0.345. The highest BCUT2D eigenvalue weighted by Gasteiger charge is 2.30. The molecule has 4 nitrogen and oxygen atoms in total. The van der Waals surface area contributed by atoms with Gasteiger partial charge in [-0.3, -0.25) is 4.79 Å². The van der Waals surface area contributed by atoms with E-state index >= 15 is 0 Å². The predicted molar refractivity (Wildman–Crippen MR) is 75.4 cm³/mol. The number of nitrogens with one attached hydrogen (secondary N) is 1. The second kappa shape index (κ2) is 7.84. The number of halogens is 3. The lowest BCUT2D eigenvalue weighted by atomic mass is 10.2. The fraction of sp³-hybridized carbons (Fsp3) is 0.400. The van der Waals surface area contributed by atoms with Crippen molar-refractivity contribution in [1.29, 1.82) is 0 Å². The Bertz CT molecular complexity index is 537. The van der Waals surface area contributed by atoms with Crippen molar-refractivity contribution in [2.24, 2.45) is 0 Å². The van der Waals surface area contributed by atoms with E-state index in [1.165, 1.54) is 18.2 Å². The van der Waals surface area contributed by atoms with Crippen LogP contribution < -0.4 is 10.1 Å². The highest BCUT2D eigenvalue weighted by molar-refractivity contribution is 5.88. The van der Waals surface area contributed by atoms with Crippen LogP contribution in [-0.2, 0) is 11.0 Å². The molecule has 1 amide bonds. The molecule has 122 valence electrons. The molecule has 22 heavy (non-hydrogen) atoms. The molecular formula is C15H18F3NO3. The Morgan fingerprint density at radius 1 is 1.41 bits per heavy atom. The van der Waals surface area contributed by atoms with Gasteiger partial charge in [-0.1, -0.05) is 11.6 Å². The van der Waals surface area contributed by atoms with Gasteiger partial charge in [0.1, 0.15) is 18.5 Å². The van der Waals surface area contributed by atoms with Crippen LogP contribution in [-0.4, -0.2) is 30.3 Å². The molecule has 0 aliphatic rings. The zero-order chi connectivity index (χ0) is 16.8. The molecule has 1 aromatic rings. The van der Waals surface area contributed by atoms with Gasteiger partial charge in [0, 0.05) is 12.6 Å². The number of aliphatic hydroxyl groups excluding tert-OH is 1. The Kier molecular flexibility index (Phi) is 6.42. The van der Waals surface area contributed by atoms with E-state index in [4.69, 9.17) is 4.74 Å². The van der Waals surface area contributed by atoms with Crippen LogP contribution in [0.3, 0.4) is 0 Å². The van der Waals surface area contributed by atoms with Gasteiger partial charge in [0.25, 0.3) is 0 Å². The molecule has 0 saturated heterocycles. The van der Waals surface area contributed by atoms with Gasteiger partial charge in [0.15, 0.2) is 0 Å². The van der Waals surface area contributed by atoms with Crippen molar-refractivity contribution in [3.05, 3.63) is 41.5 Å². The first kappa shape index (κ1) is 18.0. The number of alkyl halides is 3. The number of amides is 1. The quantitative estimate of drug-likeness (QED) is 0.793. The van der Waals surface area contributed by atoms with Crippen molar-refractivity contribution in [3.63, 3.8) is 0 Å². The number of ether oxygens (including phenoxy) is 1. The van der Waals surface area contributed by atoms with E-state index in [-0.39, 0.29) is 24.8 Å². The van der Waals surface area contributed by atoms with Crippen molar-refractivity contribution in [1.82, 2.24) is 5.32 Å². The second-order valence-electron chi connectivity index (χ2n) is 4.96. The normalized spacial score (nSPS) is 12.5. The van der Waals surface area contributed by atoms with Gasteiger partial charge in [-0.05, 0) is 32.0 Å². The van der Waals surface area contributed by atoms with Crippen molar-refractivity contribution in [3.8, 4) is 5.75 Å². The van der Waals surface area contributed by atoms with Crippen molar-refractivity contribution < 1.29 is 27.8 Å². The zero-order valence-corrected chi connectivity index (χ0v) is 12.3. The monoisotopic (exact) mass is 317 g/mol. The summed E-state index contributed by atoms with van der Waals surface area (Å²) in [6.07, 6.45) is -4.10. The minimum absolute atomic E-state index is 0.00417. The van der Waals surface area contributed by atoms with E-state index in [2.05, 4.69) is 5.32 Å². The third-order valence-electron chi connectivity index (χ3n) is 2.54. The zero-order valence-electron chi connectivity index (χ0n) is 12.3. The summed E-state index contributed by atoms with van der Waals surface area (Å²) >= 11 is 0. The number of allylic oxidation sites excluding steroid dienone is 1. The summed E-state index contributed by atoms with van der Waals surface area (Å²) in [5.41, 5.74) is -0.0106. The van der Waals surface area contributed by atoms with Crippen LogP contribution in [0, 0.1) is 0 Å². The molecule has 1 unspecified atom stereocenters. The molecule has 7 heteroatoms. The van der Waals surface area contributed by atoms with Gasteiger partial charge < -0.3 is 15.2 Å². The number of rotatable bonds is 6. The number of carbonyl (C=O) groups excluding carboxylic acids is 1. The average molecular weight is 317 g/mol. The lowest BCUT2D eigenvalue weighted by Crippen LogP contribution is -2.34. The van der Waals surface area contributed by atoms with E-state index in [0.29, 0.717) is 0 Å². The number of hydrogen-bond donors (Lipinski definition) is 2. The van der Waals surface area contributed by atoms with Crippen molar-refractivity contribution >= 4 is 5.91 Å². The molecule has 0 aliphatic heterocycles. The largest absolute Gasteiger partial charge is 0.491 e. The first-order valence-electron chi connectivity index (χ1n) is 6.59. The summed E-state index contributed by atoms with van der Waals surface area (Å²) in [4.78, 5) is 11.3. The number of hydrogen-bond acceptors (Lipinski definition) is 3. The van der Waals surface area contributed by atoms with Gasteiger partial charge in [0.05, 0.1) is 5.56 Å². The third-order valence-corrected chi connectivity index (χ3v) is 2.54. The molecule has 0 spiro atoms. The van der Waals surface area contributed by atoms with Gasteiger partial charge in [-0.2, -0.15) is 13.2 Å². The molecule has 0 aliphatic carbocycles. The first-order chi connectivity index (χ1) is 10.2. The van der Waals surface area contributed by atoms with Crippen molar-refractivity contribution in [2.75, 3.05) is 13.2 Å². The van der Waals surface area contributed by atoms with E-state index in [1.54, 1.807) is 13.8 Å². The van der Waals surface area contributed by atoms with Crippen molar-refractivity contribution in [2.45, 2.75) is 26.1 Å². The number of benzene rings is 1. The Labute approximate surface area is 126 Å². The average Bonchev–Trinajstić information content (AvgIpc) is 2.41. The van der Waals surface area contributed by atoms with Gasteiger partial charge in [-0.25, -0.2) is 0 Å². The third kappa shape index (κ3) is 6.62. The molecule has 1 atom stereocenters. The first-order valence-corrected chi connectivity index (χ1v) is 6.59. The SMILES string of the molecule is CC(C)=CC(=O)NCC(O)COc1cccc(C(F)(F)F)c1. The molecule has 0 saturated carbocycles. The standard InChI is InChI=1S/C15H18F3NO3/c1-10(2)6-14(21)19-8-12(20)9-22-13-5-3-4-11(7-13)15(16,17)18/h3-7,12,20H,8-9H2,1-2H3,(H,19,21). The summed E-state index contributed by atoms with van der Waals surface area (Å²) in [7, 11) is 0. The van der Waals surface area contributed by atoms with Gasteiger partial charge >= 0.3 is 6.18 Å². The maximum Gasteiger partial charge on any atom is 0.416 e. The van der Waals surface area contributed by atoms with E-state index in [9.17, 15) is 23.1 Å². The Morgan fingerprint density at radius 2 is 2.09 bits per heavy atom. The van der Waals surface area contributed by atoms with E-state index < -0.39 is 17.8 Å². The Hall–Kier alpha value is -2.02. The lowest BCUT2D eigenvalue weighted by molar-refractivity contribution is -0.137. The number of carbonyl (C=O) groups is 1. The summed E-state index contributed by atoms with van der Waals surface area (Å²) < 4.78 is 42.7. The highest BCUT2D eigenvalue weighted by atomic mass is 19.4. The van der Waals surface area contributed by atoms with Crippen LogP contribution in [0.5, 0.6) is 5.75 Å². The molecule has 0 fully saturated rings. The highest BCUT2D eigenvalue weighted by Crippen LogP contribution is 2.31. The molecule has 0 aromatic heterocycles. The van der Waals surface area contributed by atoms with Crippen LogP contribution in [0.4, 0.5) is 13.2 Å². The fourth-order valence-electron chi connectivity index (χ4n) is 1.55. The molecule has 2 N–H and O–H groups in total. The molecule has 0 heterocycles. The van der Waals surface area contributed by atoms with Crippen LogP contribution >= 0.6 is 0 Å². The Morgan fingerprint density at radius 3 is 2.68 bits per heavy atom. The molecule has 1 rings (SSSR count). The lowest BCUT2D eigenvalue weighted by Gasteiger charge is -2.14. The maximum absolute atomic E-state index is 12.5. The maximum atomic E-state index is 12.5.